The predicted molar refractivity (Wildman–Crippen MR) is 71.2 cm³/mol. The first-order chi connectivity index (χ1) is 9.83. The van der Waals surface area contributed by atoms with E-state index in [0.717, 1.165) is 12.2 Å². The molecular weight excluding hydrogens is 256 g/mol. The average molecular weight is 270 g/mol. The zero-order valence-corrected chi connectivity index (χ0v) is 10.8. The van der Waals surface area contributed by atoms with Crippen LogP contribution in [0.2, 0.25) is 0 Å². The van der Waals surface area contributed by atoms with Gasteiger partial charge in [0.25, 0.3) is 5.91 Å². The van der Waals surface area contributed by atoms with Gasteiger partial charge in [0.2, 0.25) is 5.82 Å². The van der Waals surface area contributed by atoms with Crippen molar-refractivity contribution in [3.05, 3.63) is 48.8 Å². The Hall–Kier alpha value is -2.50. The van der Waals surface area contributed by atoms with E-state index in [1.54, 1.807) is 35.8 Å². The van der Waals surface area contributed by atoms with Crippen molar-refractivity contribution < 1.29 is 9.53 Å². The van der Waals surface area contributed by atoms with Gasteiger partial charge >= 0.3 is 0 Å². The summed E-state index contributed by atoms with van der Waals surface area (Å²) in [6.07, 6.45) is 7.32. The van der Waals surface area contributed by atoms with Gasteiger partial charge in [0.15, 0.2) is 0 Å². The molecule has 3 rings (SSSR count). The molecule has 0 aromatic carbocycles. The van der Waals surface area contributed by atoms with Crippen molar-refractivity contribution in [2.75, 3.05) is 13.1 Å². The molecule has 6 nitrogen and oxygen atoms in total. The lowest BCUT2D eigenvalue weighted by Gasteiger charge is -2.16. The molecule has 3 heterocycles. The summed E-state index contributed by atoms with van der Waals surface area (Å²) >= 11 is 0. The van der Waals surface area contributed by atoms with Gasteiger partial charge in [-0.25, -0.2) is 9.97 Å². The Kier molecular flexibility index (Phi) is 3.54. The standard InChI is InChI=1S/C14H14N4O2/c19-14(13-16-5-1-6-17-13)18-9-4-12(10-18)20-11-2-7-15-8-3-11/h1-3,5-8,12H,4,9-10H2. The second-order valence-corrected chi connectivity index (χ2v) is 4.54. The molecule has 1 amide bonds. The summed E-state index contributed by atoms with van der Waals surface area (Å²) < 4.78 is 5.82. The van der Waals surface area contributed by atoms with Crippen LogP contribution in [0, 0.1) is 0 Å². The predicted octanol–water partition coefficient (Wildman–Crippen LogP) is 1.17. The van der Waals surface area contributed by atoms with E-state index in [9.17, 15) is 4.79 Å². The minimum absolute atomic E-state index is 0.00469. The summed E-state index contributed by atoms with van der Waals surface area (Å²) in [6, 6.07) is 5.31. The van der Waals surface area contributed by atoms with E-state index in [2.05, 4.69) is 15.0 Å². The molecule has 1 unspecified atom stereocenters. The first kappa shape index (κ1) is 12.5. The fourth-order valence-electron chi connectivity index (χ4n) is 2.17. The van der Waals surface area contributed by atoms with Gasteiger partial charge in [0, 0.05) is 37.8 Å². The summed E-state index contributed by atoms with van der Waals surface area (Å²) in [5.74, 6) is 0.860. The highest BCUT2D eigenvalue weighted by molar-refractivity contribution is 5.90. The zero-order valence-electron chi connectivity index (χ0n) is 10.8. The van der Waals surface area contributed by atoms with Gasteiger partial charge in [-0.15, -0.1) is 0 Å². The molecule has 0 bridgehead atoms. The van der Waals surface area contributed by atoms with E-state index in [4.69, 9.17) is 4.74 Å². The van der Waals surface area contributed by atoms with Gasteiger partial charge < -0.3 is 9.64 Å². The molecule has 1 saturated heterocycles. The van der Waals surface area contributed by atoms with Gasteiger partial charge in [-0.1, -0.05) is 0 Å². The molecule has 0 spiro atoms. The number of likely N-dealkylation sites (tertiary alicyclic amines) is 1. The molecule has 20 heavy (non-hydrogen) atoms. The van der Waals surface area contributed by atoms with Crippen LogP contribution in [0.1, 0.15) is 17.0 Å². The number of pyridine rings is 1. The van der Waals surface area contributed by atoms with Crippen LogP contribution in [-0.2, 0) is 0 Å². The molecule has 2 aromatic heterocycles. The van der Waals surface area contributed by atoms with E-state index < -0.39 is 0 Å². The zero-order chi connectivity index (χ0) is 13.8. The molecular formula is C14H14N4O2. The number of hydrogen-bond acceptors (Lipinski definition) is 5. The van der Waals surface area contributed by atoms with Crippen molar-refractivity contribution in [1.29, 1.82) is 0 Å². The first-order valence-corrected chi connectivity index (χ1v) is 6.46. The van der Waals surface area contributed by atoms with E-state index >= 15 is 0 Å². The third kappa shape index (κ3) is 2.74. The van der Waals surface area contributed by atoms with Crippen molar-refractivity contribution in [2.45, 2.75) is 12.5 Å². The Morgan fingerprint density at radius 2 is 1.95 bits per heavy atom. The van der Waals surface area contributed by atoms with E-state index in [-0.39, 0.29) is 17.8 Å². The summed E-state index contributed by atoms with van der Waals surface area (Å²) in [6.45, 7) is 1.21. The summed E-state index contributed by atoms with van der Waals surface area (Å²) in [7, 11) is 0. The van der Waals surface area contributed by atoms with Gasteiger partial charge in [0.1, 0.15) is 11.9 Å². The molecule has 102 valence electrons. The third-order valence-corrected chi connectivity index (χ3v) is 3.14. The van der Waals surface area contributed by atoms with Gasteiger partial charge in [-0.05, 0) is 18.2 Å². The Morgan fingerprint density at radius 3 is 2.70 bits per heavy atom. The van der Waals surface area contributed by atoms with Crippen LogP contribution in [-0.4, -0.2) is 45.0 Å². The number of carbonyl (C=O) groups excluding carboxylic acids is 1. The quantitative estimate of drug-likeness (QED) is 0.837. The molecule has 0 radical (unpaired) electrons. The topological polar surface area (TPSA) is 68.2 Å². The number of hydrogen-bond donors (Lipinski definition) is 0. The van der Waals surface area contributed by atoms with Crippen molar-refractivity contribution >= 4 is 5.91 Å². The molecule has 0 aliphatic carbocycles. The molecule has 1 atom stereocenters. The van der Waals surface area contributed by atoms with E-state index in [1.807, 2.05) is 12.1 Å². The molecule has 0 N–H and O–H groups in total. The maximum atomic E-state index is 12.2. The van der Waals surface area contributed by atoms with Crippen molar-refractivity contribution in [3.63, 3.8) is 0 Å². The van der Waals surface area contributed by atoms with Crippen LogP contribution in [0.3, 0.4) is 0 Å². The molecule has 6 heteroatoms. The third-order valence-electron chi connectivity index (χ3n) is 3.14. The minimum Gasteiger partial charge on any atom is -0.488 e. The molecule has 1 fully saturated rings. The lowest BCUT2D eigenvalue weighted by Crippen LogP contribution is -2.32. The van der Waals surface area contributed by atoms with E-state index in [0.29, 0.717) is 13.1 Å². The number of aromatic nitrogens is 3. The highest BCUT2D eigenvalue weighted by Gasteiger charge is 2.29. The molecule has 2 aromatic rings. The largest absolute Gasteiger partial charge is 0.488 e. The summed E-state index contributed by atoms with van der Waals surface area (Å²) in [5, 5.41) is 0. The second-order valence-electron chi connectivity index (χ2n) is 4.54. The van der Waals surface area contributed by atoms with Crippen molar-refractivity contribution in [1.82, 2.24) is 19.9 Å². The number of rotatable bonds is 3. The van der Waals surface area contributed by atoms with Crippen LogP contribution < -0.4 is 4.74 Å². The SMILES string of the molecule is O=C(c1ncccn1)N1CCC(Oc2ccncc2)C1. The Balaban J connectivity index is 1.61. The first-order valence-electron chi connectivity index (χ1n) is 6.46. The highest BCUT2D eigenvalue weighted by atomic mass is 16.5. The number of amides is 1. The average Bonchev–Trinajstić information content (AvgIpc) is 2.97. The van der Waals surface area contributed by atoms with Crippen molar-refractivity contribution in [3.8, 4) is 5.75 Å². The fraction of sp³-hybridized carbons (Fsp3) is 0.286. The summed E-state index contributed by atoms with van der Waals surface area (Å²) in [4.78, 5) is 25.8. The molecule has 1 aliphatic heterocycles. The number of ether oxygens (including phenoxy) is 1. The van der Waals surface area contributed by atoms with Gasteiger partial charge in [-0.2, -0.15) is 0 Å². The molecule has 0 saturated carbocycles. The monoisotopic (exact) mass is 270 g/mol. The minimum atomic E-state index is -0.147. The fourth-order valence-corrected chi connectivity index (χ4v) is 2.17. The lowest BCUT2D eigenvalue weighted by atomic mass is 10.3. The Labute approximate surface area is 116 Å². The van der Waals surface area contributed by atoms with Crippen molar-refractivity contribution in [2.24, 2.45) is 0 Å². The number of nitrogens with zero attached hydrogens (tertiary/aromatic N) is 4. The normalized spacial score (nSPS) is 18.0. The summed E-state index contributed by atoms with van der Waals surface area (Å²) in [5.41, 5.74) is 0. The Morgan fingerprint density at radius 1 is 1.20 bits per heavy atom. The van der Waals surface area contributed by atoms with Crippen LogP contribution in [0.4, 0.5) is 0 Å². The smallest absolute Gasteiger partial charge is 0.291 e. The van der Waals surface area contributed by atoms with Crippen LogP contribution in [0.5, 0.6) is 5.75 Å². The van der Waals surface area contributed by atoms with Gasteiger partial charge in [-0.3, -0.25) is 9.78 Å². The van der Waals surface area contributed by atoms with Crippen LogP contribution in [0.25, 0.3) is 0 Å². The maximum Gasteiger partial charge on any atom is 0.291 e. The van der Waals surface area contributed by atoms with Gasteiger partial charge in [0.05, 0.1) is 6.54 Å². The Bertz CT molecular complexity index is 576. The lowest BCUT2D eigenvalue weighted by molar-refractivity contribution is 0.0760. The maximum absolute atomic E-state index is 12.2. The van der Waals surface area contributed by atoms with Crippen LogP contribution in [0.15, 0.2) is 43.0 Å². The van der Waals surface area contributed by atoms with E-state index in [1.165, 1.54) is 0 Å². The molecule has 1 aliphatic rings. The van der Waals surface area contributed by atoms with Crippen LogP contribution >= 0.6 is 0 Å². The highest BCUT2D eigenvalue weighted by Crippen LogP contribution is 2.18. The second kappa shape index (κ2) is 5.64. The number of carbonyl (C=O) groups is 1.